The van der Waals surface area contributed by atoms with Gasteiger partial charge in [-0.15, -0.1) is 0 Å². The van der Waals surface area contributed by atoms with Crippen LogP contribution in [-0.2, 0) is 19.0 Å². The number of amides is 1. The van der Waals surface area contributed by atoms with Crippen LogP contribution in [0.1, 0.15) is 38.2 Å². The molecule has 25 heavy (non-hydrogen) atoms. The van der Waals surface area contributed by atoms with Crippen LogP contribution >= 0.6 is 0 Å². The van der Waals surface area contributed by atoms with Crippen molar-refractivity contribution in [3.63, 3.8) is 0 Å². The van der Waals surface area contributed by atoms with Crippen LogP contribution in [0.25, 0.3) is 0 Å². The number of rotatable bonds is 6. The Morgan fingerprint density at radius 2 is 1.88 bits per heavy atom. The van der Waals surface area contributed by atoms with E-state index >= 15 is 0 Å². The maximum absolute atomic E-state index is 12.3. The van der Waals surface area contributed by atoms with Crippen LogP contribution in [0, 0.1) is 12.3 Å². The highest BCUT2D eigenvalue weighted by atomic mass is 32.2. The second kappa shape index (κ2) is 6.96. The molecule has 138 valence electrons. The van der Waals surface area contributed by atoms with Crippen molar-refractivity contribution in [2.45, 2.75) is 50.5 Å². The number of nitrogens with zero attached hydrogens (tertiary/aromatic N) is 1. The summed E-state index contributed by atoms with van der Waals surface area (Å²) in [5.74, 6) is 0. The van der Waals surface area contributed by atoms with E-state index < -0.39 is 10.1 Å². The molecule has 1 saturated carbocycles. The van der Waals surface area contributed by atoms with E-state index in [0.717, 1.165) is 18.4 Å². The Kier molecular flexibility index (Phi) is 5.06. The summed E-state index contributed by atoms with van der Waals surface area (Å²) in [4.78, 5) is 13.7. The molecule has 1 saturated heterocycles. The van der Waals surface area contributed by atoms with Crippen molar-refractivity contribution in [2.24, 2.45) is 5.41 Å². The van der Waals surface area contributed by atoms with E-state index in [1.165, 1.54) is 0 Å². The Morgan fingerprint density at radius 1 is 1.24 bits per heavy atom. The molecule has 0 N–H and O–H groups in total. The van der Waals surface area contributed by atoms with Crippen LogP contribution in [0.2, 0.25) is 0 Å². The van der Waals surface area contributed by atoms with Crippen LogP contribution in [0.5, 0.6) is 0 Å². The van der Waals surface area contributed by atoms with Gasteiger partial charge in [0.1, 0.15) is 0 Å². The van der Waals surface area contributed by atoms with Gasteiger partial charge in [-0.05, 0) is 38.3 Å². The van der Waals surface area contributed by atoms with Crippen LogP contribution < -0.4 is 0 Å². The number of unbranched alkanes of at least 4 members (excludes halogenated alkanes) is 1. The average molecular weight is 367 g/mol. The molecule has 1 aliphatic heterocycles. The number of ether oxygens (including phenoxy) is 1. The van der Waals surface area contributed by atoms with Crippen molar-refractivity contribution in [3.05, 3.63) is 29.8 Å². The molecule has 0 radical (unpaired) electrons. The predicted molar refractivity (Wildman–Crippen MR) is 92.7 cm³/mol. The first-order valence-corrected chi connectivity index (χ1v) is 10.2. The van der Waals surface area contributed by atoms with Gasteiger partial charge >= 0.3 is 6.09 Å². The van der Waals surface area contributed by atoms with E-state index in [1.807, 2.05) is 13.8 Å². The van der Waals surface area contributed by atoms with Crippen molar-refractivity contribution in [1.29, 1.82) is 0 Å². The van der Waals surface area contributed by atoms with Crippen LogP contribution in [0.4, 0.5) is 4.79 Å². The Hall–Kier alpha value is -1.60. The highest BCUT2D eigenvalue weighted by molar-refractivity contribution is 7.86. The van der Waals surface area contributed by atoms with Gasteiger partial charge in [0.2, 0.25) is 0 Å². The van der Waals surface area contributed by atoms with E-state index in [0.29, 0.717) is 32.5 Å². The second-order valence-corrected chi connectivity index (χ2v) is 8.79. The first-order chi connectivity index (χ1) is 11.8. The Labute approximate surface area is 149 Å². The number of likely N-dealkylation sites (tertiary alicyclic amines) is 1. The number of hydrogen-bond donors (Lipinski definition) is 0. The maximum atomic E-state index is 12.3. The summed E-state index contributed by atoms with van der Waals surface area (Å²) in [7, 11) is -3.72. The molecule has 1 amide bonds. The van der Waals surface area contributed by atoms with Gasteiger partial charge in [-0.3, -0.25) is 4.18 Å². The van der Waals surface area contributed by atoms with Gasteiger partial charge in [-0.2, -0.15) is 8.42 Å². The average Bonchev–Trinajstić information content (AvgIpc) is 2.48. The first kappa shape index (κ1) is 18.2. The lowest BCUT2D eigenvalue weighted by atomic mass is 9.62. The number of aryl methyl sites for hydroxylation is 1. The Balaban J connectivity index is 1.44. The third-order valence-electron chi connectivity index (χ3n) is 4.93. The summed E-state index contributed by atoms with van der Waals surface area (Å²) in [5.41, 5.74) is 1.01. The van der Waals surface area contributed by atoms with E-state index in [1.54, 1.807) is 29.2 Å². The summed E-state index contributed by atoms with van der Waals surface area (Å²) in [6.07, 6.45) is 2.62. The summed E-state index contributed by atoms with van der Waals surface area (Å²) in [6.45, 7) is 5.67. The Bertz CT molecular complexity index is 714. The summed E-state index contributed by atoms with van der Waals surface area (Å²) in [6, 6.07) is 6.64. The second-order valence-electron chi connectivity index (χ2n) is 7.22. The van der Waals surface area contributed by atoms with Gasteiger partial charge in [-0.1, -0.05) is 31.0 Å². The molecule has 2 aliphatic rings. The van der Waals surface area contributed by atoms with Gasteiger partial charge in [-0.25, -0.2) is 4.79 Å². The van der Waals surface area contributed by atoms with Gasteiger partial charge < -0.3 is 9.64 Å². The molecule has 1 aromatic rings. The maximum Gasteiger partial charge on any atom is 0.409 e. The molecule has 1 heterocycles. The summed E-state index contributed by atoms with van der Waals surface area (Å²) >= 11 is 0. The molecular formula is C18H25NO5S. The first-order valence-electron chi connectivity index (χ1n) is 8.75. The van der Waals surface area contributed by atoms with Crippen molar-refractivity contribution in [1.82, 2.24) is 4.90 Å². The van der Waals surface area contributed by atoms with Gasteiger partial charge in [0.05, 0.1) is 17.6 Å². The molecule has 0 atom stereocenters. The lowest BCUT2D eigenvalue weighted by molar-refractivity contribution is -0.108. The smallest absolute Gasteiger partial charge is 0.409 e. The van der Waals surface area contributed by atoms with E-state index in [4.69, 9.17) is 8.92 Å². The fraction of sp³-hybridized carbons (Fsp3) is 0.611. The third kappa shape index (κ3) is 3.98. The molecule has 3 rings (SSSR count). The largest absolute Gasteiger partial charge is 0.449 e. The molecule has 1 aromatic carbocycles. The van der Waals surface area contributed by atoms with Crippen molar-refractivity contribution >= 4 is 16.2 Å². The minimum atomic E-state index is -3.72. The van der Waals surface area contributed by atoms with Gasteiger partial charge in [0.15, 0.2) is 0 Å². The van der Waals surface area contributed by atoms with Crippen LogP contribution in [-0.4, -0.2) is 45.2 Å². The van der Waals surface area contributed by atoms with E-state index in [-0.39, 0.29) is 22.5 Å². The zero-order chi connectivity index (χ0) is 18.1. The van der Waals surface area contributed by atoms with E-state index in [2.05, 4.69) is 0 Å². The van der Waals surface area contributed by atoms with Crippen molar-refractivity contribution in [3.8, 4) is 0 Å². The molecule has 0 bridgehead atoms. The standard InChI is InChI=1S/C18H25NO5S/c1-3-4-9-23-17(20)19-12-18(13-19)10-15(11-18)24-25(21,22)16-7-5-14(2)6-8-16/h5-8,15H,3-4,9-13H2,1-2H3. The topological polar surface area (TPSA) is 72.9 Å². The molecule has 0 aromatic heterocycles. The minimum Gasteiger partial charge on any atom is -0.449 e. The highest BCUT2D eigenvalue weighted by Crippen LogP contribution is 2.50. The highest BCUT2D eigenvalue weighted by Gasteiger charge is 2.55. The molecule has 6 nitrogen and oxygen atoms in total. The van der Waals surface area contributed by atoms with Gasteiger partial charge in [0.25, 0.3) is 10.1 Å². The normalized spacial score (nSPS) is 19.4. The van der Waals surface area contributed by atoms with Crippen LogP contribution in [0.3, 0.4) is 0 Å². The number of carbonyl (C=O) groups excluding carboxylic acids is 1. The zero-order valence-corrected chi connectivity index (χ0v) is 15.5. The number of hydrogen-bond acceptors (Lipinski definition) is 5. The SMILES string of the molecule is CCCCOC(=O)N1CC2(CC(OS(=O)(=O)c3ccc(C)cc3)C2)C1. The lowest BCUT2D eigenvalue weighted by Crippen LogP contribution is -2.65. The fourth-order valence-electron chi connectivity index (χ4n) is 3.46. The molecule has 0 unspecified atom stereocenters. The molecule has 1 spiro atoms. The molecule has 2 fully saturated rings. The lowest BCUT2D eigenvalue weighted by Gasteiger charge is -2.57. The van der Waals surface area contributed by atoms with Crippen molar-refractivity contribution < 1.29 is 22.1 Å². The number of benzene rings is 1. The predicted octanol–water partition coefficient (Wildman–Crippen LogP) is 3.10. The zero-order valence-electron chi connectivity index (χ0n) is 14.7. The Morgan fingerprint density at radius 3 is 2.48 bits per heavy atom. The minimum absolute atomic E-state index is 0.0111. The van der Waals surface area contributed by atoms with Crippen molar-refractivity contribution in [2.75, 3.05) is 19.7 Å². The van der Waals surface area contributed by atoms with E-state index in [9.17, 15) is 13.2 Å². The fourth-order valence-corrected chi connectivity index (χ4v) is 4.53. The monoisotopic (exact) mass is 367 g/mol. The summed E-state index contributed by atoms with van der Waals surface area (Å²) in [5, 5.41) is 0. The molecular weight excluding hydrogens is 342 g/mol. The molecule has 7 heteroatoms. The quantitative estimate of drug-likeness (QED) is 0.571. The van der Waals surface area contributed by atoms with Gasteiger partial charge in [0, 0.05) is 18.5 Å². The van der Waals surface area contributed by atoms with Crippen LogP contribution in [0.15, 0.2) is 29.2 Å². The third-order valence-corrected chi connectivity index (χ3v) is 6.30. The molecule has 1 aliphatic carbocycles. The summed E-state index contributed by atoms with van der Waals surface area (Å²) < 4.78 is 35.1. The number of carbonyl (C=O) groups is 1.